The first-order valence-corrected chi connectivity index (χ1v) is 7.96. The van der Waals surface area contributed by atoms with E-state index in [4.69, 9.17) is 0 Å². The Morgan fingerprint density at radius 3 is 3.10 bits per heavy atom. The molecule has 1 heterocycles. The van der Waals surface area contributed by atoms with Crippen LogP contribution in [0.2, 0.25) is 0 Å². The summed E-state index contributed by atoms with van der Waals surface area (Å²) < 4.78 is 0. The van der Waals surface area contributed by atoms with Crippen molar-refractivity contribution in [3.63, 3.8) is 0 Å². The minimum atomic E-state index is -0.837. The van der Waals surface area contributed by atoms with Crippen LogP contribution in [0.4, 0.5) is 10.5 Å². The Labute approximate surface area is 123 Å². The maximum absolute atomic E-state index is 11.8. The molecule has 6 heteroatoms. The molecule has 0 saturated carbocycles. The molecule has 1 saturated heterocycles. The Bertz CT molecular complexity index is 461. The van der Waals surface area contributed by atoms with Gasteiger partial charge in [0.25, 0.3) is 0 Å². The van der Waals surface area contributed by atoms with E-state index in [9.17, 15) is 9.90 Å². The van der Waals surface area contributed by atoms with Crippen LogP contribution in [0.1, 0.15) is 12.8 Å². The van der Waals surface area contributed by atoms with Gasteiger partial charge in [0, 0.05) is 23.7 Å². The molecule has 1 aromatic carbocycles. The molecular weight excluding hydrogens is 274 g/mol. The van der Waals surface area contributed by atoms with E-state index in [-0.39, 0.29) is 12.6 Å². The number of carbonyl (C=O) groups excluding carboxylic acids is 1. The van der Waals surface area contributed by atoms with Crippen LogP contribution < -0.4 is 16.0 Å². The highest BCUT2D eigenvalue weighted by atomic mass is 32.2. The fourth-order valence-electron chi connectivity index (χ4n) is 2.22. The molecule has 1 atom stereocenters. The quantitative estimate of drug-likeness (QED) is 0.637. The van der Waals surface area contributed by atoms with Crippen molar-refractivity contribution >= 4 is 23.5 Å². The Kier molecular flexibility index (Phi) is 5.28. The Balaban J connectivity index is 1.82. The topological polar surface area (TPSA) is 73.4 Å². The summed E-state index contributed by atoms with van der Waals surface area (Å²) in [5.74, 6) is 0. The Morgan fingerprint density at radius 2 is 2.40 bits per heavy atom. The first kappa shape index (κ1) is 15.2. The number of hydrogen-bond acceptors (Lipinski definition) is 4. The van der Waals surface area contributed by atoms with Crippen LogP contribution in [0.3, 0.4) is 0 Å². The zero-order chi connectivity index (χ0) is 14.4. The van der Waals surface area contributed by atoms with Gasteiger partial charge in [-0.05, 0) is 43.8 Å². The number of benzene rings is 1. The lowest BCUT2D eigenvalue weighted by Gasteiger charge is -2.32. The predicted molar refractivity (Wildman–Crippen MR) is 82.3 cm³/mol. The van der Waals surface area contributed by atoms with Crippen molar-refractivity contribution in [2.75, 3.05) is 31.2 Å². The highest BCUT2D eigenvalue weighted by molar-refractivity contribution is 7.98. The second kappa shape index (κ2) is 6.97. The van der Waals surface area contributed by atoms with Crippen LogP contribution in [0, 0.1) is 0 Å². The van der Waals surface area contributed by atoms with Gasteiger partial charge < -0.3 is 21.1 Å². The summed E-state index contributed by atoms with van der Waals surface area (Å²) >= 11 is 1.63. The van der Waals surface area contributed by atoms with Crippen LogP contribution >= 0.6 is 11.8 Å². The van der Waals surface area contributed by atoms with Gasteiger partial charge in [0.2, 0.25) is 0 Å². The van der Waals surface area contributed by atoms with Crippen LogP contribution in [-0.2, 0) is 0 Å². The van der Waals surface area contributed by atoms with Crippen LogP contribution in [0.15, 0.2) is 29.2 Å². The molecule has 1 unspecified atom stereocenters. The molecule has 1 aromatic rings. The molecule has 0 aromatic heterocycles. The summed E-state index contributed by atoms with van der Waals surface area (Å²) in [6.45, 7) is 1.71. The summed E-state index contributed by atoms with van der Waals surface area (Å²) in [4.78, 5) is 12.9. The normalized spacial score (nSPS) is 22.3. The number of urea groups is 1. The van der Waals surface area contributed by atoms with Crippen molar-refractivity contribution in [1.82, 2.24) is 10.6 Å². The molecule has 0 aliphatic carbocycles. The maximum Gasteiger partial charge on any atom is 0.319 e. The van der Waals surface area contributed by atoms with Crippen molar-refractivity contribution in [2.45, 2.75) is 23.3 Å². The molecule has 0 spiro atoms. The van der Waals surface area contributed by atoms with Gasteiger partial charge in [0.15, 0.2) is 0 Å². The second-order valence-corrected chi connectivity index (χ2v) is 5.92. The predicted octanol–water partition coefficient (Wildman–Crippen LogP) is 1.64. The first-order valence-electron chi connectivity index (χ1n) is 6.73. The Morgan fingerprint density at radius 1 is 1.55 bits per heavy atom. The van der Waals surface area contributed by atoms with Crippen LogP contribution in [-0.4, -0.2) is 42.6 Å². The van der Waals surface area contributed by atoms with Crippen molar-refractivity contribution in [2.24, 2.45) is 0 Å². The van der Waals surface area contributed by atoms with Gasteiger partial charge in [-0.2, -0.15) is 0 Å². The molecule has 4 N–H and O–H groups in total. The molecule has 5 nitrogen and oxygen atoms in total. The molecule has 2 amide bonds. The van der Waals surface area contributed by atoms with E-state index in [0.717, 1.165) is 23.5 Å². The lowest BCUT2D eigenvalue weighted by molar-refractivity contribution is 0.0198. The minimum absolute atomic E-state index is 0.258. The number of carbonyl (C=O) groups is 1. The SMILES string of the molecule is CSc1cccc(NC(=O)NCC2(O)CCCNC2)c1. The van der Waals surface area contributed by atoms with Crippen molar-refractivity contribution in [1.29, 1.82) is 0 Å². The zero-order valence-electron chi connectivity index (χ0n) is 11.6. The molecule has 0 radical (unpaired) electrons. The highest BCUT2D eigenvalue weighted by Gasteiger charge is 2.29. The molecular formula is C14H21N3O2S. The zero-order valence-corrected chi connectivity index (χ0v) is 12.4. The number of β-amino-alcohol motifs (C(OH)–C–C–N with tert-alkyl or cyclic N) is 1. The van der Waals surface area contributed by atoms with E-state index in [1.807, 2.05) is 30.5 Å². The average Bonchev–Trinajstić information content (AvgIpc) is 2.46. The molecule has 110 valence electrons. The van der Waals surface area contributed by atoms with Gasteiger partial charge >= 0.3 is 6.03 Å². The summed E-state index contributed by atoms with van der Waals surface area (Å²) in [7, 11) is 0. The van der Waals surface area contributed by atoms with E-state index in [1.165, 1.54) is 0 Å². The van der Waals surface area contributed by atoms with Gasteiger partial charge in [-0.15, -0.1) is 11.8 Å². The minimum Gasteiger partial charge on any atom is -0.387 e. The van der Waals surface area contributed by atoms with E-state index >= 15 is 0 Å². The Hall–Kier alpha value is -1.24. The summed E-state index contributed by atoms with van der Waals surface area (Å²) in [6.07, 6.45) is 3.63. The monoisotopic (exact) mass is 295 g/mol. The van der Waals surface area contributed by atoms with Gasteiger partial charge in [-0.1, -0.05) is 6.07 Å². The smallest absolute Gasteiger partial charge is 0.319 e. The fraction of sp³-hybridized carbons (Fsp3) is 0.500. The first-order chi connectivity index (χ1) is 9.61. The van der Waals surface area contributed by atoms with Crippen molar-refractivity contribution in [3.8, 4) is 0 Å². The number of thioether (sulfide) groups is 1. The number of nitrogens with one attached hydrogen (secondary N) is 3. The molecule has 20 heavy (non-hydrogen) atoms. The fourth-order valence-corrected chi connectivity index (χ4v) is 2.68. The molecule has 1 aliphatic heterocycles. The lowest BCUT2D eigenvalue weighted by atomic mass is 9.94. The summed E-state index contributed by atoms with van der Waals surface area (Å²) in [5.41, 5.74) is -0.0837. The van der Waals surface area contributed by atoms with Crippen LogP contribution in [0.25, 0.3) is 0 Å². The second-order valence-electron chi connectivity index (χ2n) is 5.04. The summed E-state index contributed by atoms with van der Waals surface area (Å²) in [5, 5.41) is 18.9. The van der Waals surface area contributed by atoms with Crippen molar-refractivity contribution < 1.29 is 9.90 Å². The van der Waals surface area contributed by atoms with E-state index in [0.29, 0.717) is 13.0 Å². The number of amides is 2. The van der Waals surface area contributed by atoms with Crippen LogP contribution in [0.5, 0.6) is 0 Å². The maximum atomic E-state index is 11.8. The standard InChI is InChI=1S/C14H21N3O2S/c1-20-12-5-2-4-11(8-12)17-13(18)16-10-14(19)6-3-7-15-9-14/h2,4-5,8,15,19H,3,6-7,9-10H2,1H3,(H2,16,17,18). The van der Waals surface area contributed by atoms with E-state index < -0.39 is 5.60 Å². The molecule has 0 bridgehead atoms. The summed E-state index contributed by atoms with van der Waals surface area (Å²) in [6, 6.07) is 7.36. The molecule has 1 aliphatic rings. The lowest BCUT2D eigenvalue weighted by Crippen LogP contribution is -2.53. The molecule has 1 fully saturated rings. The van der Waals surface area contributed by atoms with Gasteiger partial charge in [0.1, 0.15) is 0 Å². The number of rotatable bonds is 4. The van der Waals surface area contributed by atoms with Gasteiger partial charge in [-0.25, -0.2) is 4.79 Å². The molecule has 2 rings (SSSR count). The van der Waals surface area contributed by atoms with Crippen molar-refractivity contribution in [3.05, 3.63) is 24.3 Å². The highest BCUT2D eigenvalue weighted by Crippen LogP contribution is 2.19. The number of hydrogen-bond donors (Lipinski definition) is 4. The number of piperidine rings is 1. The largest absolute Gasteiger partial charge is 0.387 e. The third-order valence-electron chi connectivity index (χ3n) is 3.36. The average molecular weight is 295 g/mol. The third kappa shape index (κ3) is 4.40. The third-order valence-corrected chi connectivity index (χ3v) is 4.08. The van der Waals surface area contributed by atoms with Gasteiger partial charge in [-0.3, -0.25) is 0 Å². The van der Waals surface area contributed by atoms with E-state index in [1.54, 1.807) is 11.8 Å². The van der Waals surface area contributed by atoms with E-state index in [2.05, 4.69) is 16.0 Å². The number of aliphatic hydroxyl groups is 1. The van der Waals surface area contributed by atoms with Gasteiger partial charge in [0.05, 0.1) is 5.60 Å². The number of anilines is 1.